The van der Waals surface area contributed by atoms with E-state index in [1.54, 1.807) is 10.9 Å². The van der Waals surface area contributed by atoms with Gasteiger partial charge in [-0.2, -0.15) is 5.10 Å². The van der Waals surface area contributed by atoms with Crippen LogP contribution >= 0.6 is 15.9 Å². The summed E-state index contributed by atoms with van der Waals surface area (Å²) < 4.78 is 15.5. The monoisotopic (exact) mass is 497 g/mol. The molecular formula is C23H24BrN5O3. The Balaban J connectivity index is 1.91. The number of esters is 1. The lowest BCUT2D eigenvalue weighted by molar-refractivity contribution is 0.0543. The van der Waals surface area contributed by atoms with Crippen LogP contribution in [0.4, 0.5) is 0 Å². The molecule has 166 valence electrons. The Morgan fingerprint density at radius 3 is 2.78 bits per heavy atom. The lowest BCUT2D eigenvalue weighted by Gasteiger charge is -2.33. The van der Waals surface area contributed by atoms with Gasteiger partial charge in [0.25, 0.3) is 0 Å². The second-order valence-electron chi connectivity index (χ2n) is 8.15. The molecule has 0 spiro atoms. The first-order valence-electron chi connectivity index (χ1n) is 10.6. The van der Waals surface area contributed by atoms with E-state index in [9.17, 15) is 4.79 Å². The average Bonchev–Trinajstić information content (AvgIpc) is 3.31. The van der Waals surface area contributed by atoms with Gasteiger partial charge >= 0.3 is 5.97 Å². The van der Waals surface area contributed by atoms with Gasteiger partial charge in [0.1, 0.15) is 16.6 Å². The number of nitrogens with zero attached hydrogens (tertiary/aromatic N) is 5. The second-order valence-corrected chi connectivity index (χ2v) is 9.07. The lowest BCUT2D eigenvalue weighted by atomic mass is 9.87. The topological polar surface area (TPSA) is 84.1 Å². The van der Waals surface area contributed by atoms with E-state index in [4.69, 9.17) is 19.4 Å². The summed E-state index contributed by atoms with van der Waals surface area (Å²) in [5, 5.41) is 4.52. The number of aryl methyl sites for hydroxylation is 2. The average molecular weight is 498 g/mol. The third-order valence-corrected chi connectivity index (χ3v) is 6.71. The van der Waals surface area contributed by atoms with Crippen molar-refractivity contribution < 1.29 is 14.3 Å². The molecule has 1 saturated heterocycles. The molecule has 0 bridgehead atoms. The van der Waals surface area contributed by atoms with Crippen LogP contribution in [0.3, 0.4) is 0 Å². The van der Waals surface area contributed by atoms with E-state index in [1.807, 2.05) is 25.4 Å². The fourth-order valence-electron chi connectivity index (χ4n) is 4.84. The van der Waals surface area contributed by atoms with Crippen LogP contribution in [0.2, 0.25) is 0 Å². The third-order valence-electron chi connectivity index (χ3n) is 6.28. The zero-order chi connectivity index (χ0) is 22.4. The minimum Gasteiger partial charge on any atom is -0.464 e. The quantitative estimate of drug-likeness (QED) is 0.393. The molecule has 0 aliphatic carbocycles. The molecular weight excluding hydrogens is 474 g/mol. The van der Waals surface area contributed by atoms with Crippen molar-refractivity contribution in [2.24, 2.45) is 13.0 Å². The third kappa shape index (κ3) is 3.31. The highest BCUT2D eigenvalue weighted by atomic mass is 79.9. The molecule has 4 aromatic rings. The minimum absolute atomic E-state index is 0.108. The van der Waals surface area contributed by atoms with Crippen molar-refractivity contribution in [2.75, 3.05) is 20.3 Å². The molecule has 0 N–H and O–H groups in total. The summed E-state index contributed by atoms with van der Waals surface area (Å²) in [6, 6.07) is 5.97. The largest absolute Gasteiger partial charge is 0.464 e. The normalized spacial score (nSPS) is 16.0. The summed E-state index contributed by atoms with van der Waals surface area (Å²) in [4.78, 5) is 22.3. The first kappa shape index (κ1) is 21.1. The molecule has 1 aliphatic rings. The van der Waals surface area contributed by atoms with Gasteiger partial charge in [0.2, 0.25) is 0 Å². The van der Waals surface area contributed by atoms with Crippen LogP contribution in [0.1, 0.15) is 40.6 Å². The van der Waals surface area contributed by atoms with Gasteiger partial charge in [-0.25, -0.2) is 4.79 Å². The first-order valence-corrected chi connectivity index (χ1v) is 11.4. The van der Waals surface area contributed by atoms with E-state index < -0.39 is 5.97 Å². The number of halogens is 1. The van der Waals surface area contributed by atoms with E-state index in [2.05, 4.69) is 38.6 Å². The Morgan fingerprint density at radius 1 is 1.28 bits per heavy atom. The maximum absolute atomic E-state index is 12.8. The van der Waals surface area contributed by atoms with Crippen molar-refractivity contribution in [3.05, 3.63) is 52.0 Å². The molecule has 0 saturated carbocycles. The SMILES string of the molecule is COC(=O)c1nn(C)c2c3ncc(Br)cc3n(C(c3ncccc3C)C3CCOCC3)c12. The van der Waals surface area contributed by atoms with Crippen molar-refractivity contribution in [1.29, 1.82) is 0 Å². The highest BCUT2D eigenvalue weighted by Gasteiger charge is 2.35. The van der Waals surface area contributed by atoms with Gasteiger partial charge in [-0.1, -0.05) is 6.07 Å². The highest BCUT2D eigenvalue weighted by Crippen LogP contribution is 2.41. The number of ether oxygens (including phenoxy) is 2. The zero-order valence-corrected chi connectivity index (χ0v) is 19.8. The van der Waals surface area contributed by atoms with Crippen molar-refractivity contribution in [1.82, 2.24) is 24.3 Å². The van der Waals surface area contributed by atoms with Crippen LogP contribution in [0.5, 0.6) is 0 Å². The zero-order valence-electron chi connectivity index (χ0n) is 18.2. The van der Waals surface area contributed by atoms with Gasteiger partial charge < -0.3 is 14.0 Å². The smallest absolute Gasteiger partial charge is 0.360 e. The summed E-state index contributed by atoms with van der Waals surface area (Å²) in [6.45, 7) is 3.48. The maximum Gasteiger partial charge on any atom is 0.360 e. The number of carbonyl (C=O) groups is 1. The summed E-state index contributed by atoms with van der Waals surface area (Å²) in [7, 11) is 3.21. The number of methoxy groups -OCH3 is 1. The molecule has 1 fully saturated rings. The van der Waals surface area contributed by atoms with E-state index >= 15 is 0 Å². The summed E-state index contributed by atoms with van der Waals surface area (Å²) in [5.41, 5.74) is 5.61. The van der Waals surface area contributed by atoms with Crippen LogP contribution in [-0.4, -0.2) is 50.6 Å². The second kappa shape index (κ2) is 8.29. The minimum atomic E-state index is -0.470. The molecule has 0 aromatic carbocycles. The van der Waals surface area contributed by atoms with Crippen LogP contribution in [-0.2, 0) is 16.5 Å². The van der Waals surface area contributed by atoms with Crippen LogP contribution < -0.4 is 0 Å². The van der Waals surface area contributed by atoms with Crippen LogP contribution in [0.15, 0.2) is 35.1 Å². The molecule has 5 rings (SSSR count). The van der Waals surface area contributed by atoms with Gasteiger partial charge in [-0.15, -0.1) is 0 Å². The van der Waals surface area contributed by atoms with Crippen LogP contribution in [0.25, 0.3) is 22.1 Å². The Hall–Kier alpha value is -2.78. The number of hydrogen-bond acceptors (Lipinski definition) is 6. The van der Waals surface area contributed by atoms with E-state index in [0.29, 0.717) is 13.2 Å². The lowest BCUT2D eigenvalue weighted by Crippen LogP contribution is -2.28. The molecule has 0 radical (unpaired) electrons. The Kier molecular flexibility index (Phi) is 5.46. The molecule has 32 heavy (non-hydrogen) atoms. The molecule has 1 unspecified atom stereocenters. The molecule has 0 amide bonds. The number of fused-ring (bicyclic) bond motifs is 3. The fraction of sp³-hybridized carbons (Fsp3) is 0.391. The highest BCUT2D eigenvalue weighted by molar-refractivity contribution is 9.10. The van der Waals surface area contributed by atoms with Crippen molar-refractivity contribution >= 4 is 44.0 Å². The summed E-state index contributed by atoms with van der Waals surface area (Å²) in [5.74, 6) is -0.192. The molecule has 5 heterocycles. The van der Waals surface area contributed by atoms with Gasteiger partial charge in [0.05, 0.1) is 24.4 Å². The summed E-state index contributed by atoms with van der Waals surface area (Å²) >= 11 is 3.58. The Labute approximate surface area is 193 Å². The predicted octanol–water partition coefficient (Wildman–Crippen LogP) is 4.19. The number of carbonyl (C=O) groups excluding carboxylic acids is 1. The number of aromatic nitrogens is 5. The molecule has 9 heteroatoms. The summed E-state index contributed by atoms with van der Waals surface area (Å²) in [6.07, 6.45) is 5.40. The molecule has 8 nitrogen and oxygen atoms in total. The number of rotatable bonds is 4. The van der Waals surface area contributed by atoms with E-state index in [0.717, 1.165) is 50.6 Å². The molecule has 4 aromatic heterocycles. The first-order chi connectivity index (χ1) is 15.5. The number of hydrogen-bond donors (Lipinski definition) is 0. The standard InChI is InChI=1S/C23H24BrN5O3/c1-13-5-4-8-25-17(13)20(14-6-9-32-10-7-14)29-16-11-15(24)12-26-18(16)21-22(29)19(23(30)31-3)27-28(21)2/h4-5,8,11-12,14,20H,6-7,9-10H2,1-3H3. The predicted molar refractivity (Wildman–Crippen MR) is 124 cm³/mol. The van der Waals surface area contributed by atoms with Crippen molar-refractivity contribution in [2.45, 2.75) is 25.8 Å². The molecule has 1 aliphatic heterocycles. The van der Waals surface area contributed by atoms with Gasteiger partial charge in [0.15, 0.2) is 5.69 Å². The Bertz CT molecular complexity index is 1320. The number of pyridine rings is 2. The van der Waals surface area contributed by atoms with Crippen molar-refractivity contribution in [3.8, 4) is 0 Å². The van der Waals surface area contributed by atoms with E-state index in [-0.39, 0.29) is 17.7 Å². The van der Waals surface area contributed by atoms with E-state index in [1.165, 1.54) is 7.11 Å². The van der Waals surface area contributed by atoms with Gasteiger partial charge in [-0.3, -0.25) is 14.6 Å². The van der Waals surface area contributed by atoms with Gasteiger partial charge in [0, 0.05) is 37.1 Å². The van der Waals surface area contributed by atoms with Crippen molar-refractivity contribution in [3.63, 3.8) is 0 Å². The Morgan fingerprint density at radius 2 is 2.06 bits per heavy atom. The van der Waals surface area contributed by atoms with Crippen LogP contribution in [0, 0.1) is 12.8 Å². The maximum atomic E-state index is 12.8. The molecule has 1 atom stereocenters. The fourth-order valence-corrected chi connectivity index (χ4v) is 5.16. The van der Waals surface area contributed by atoms with Gasteiger partial charge in [-0.05, 0) is 59.3 Å².